The molecule has 1 aliphatic heterocycles. The predicted molar refractivity (Wildman–Crippen MR) is 120 cm³/mol. The lowest BCUT2D eigenvalue weighted by Crippen LogP contribution is -2.52. The summed E-state index contributed by atoms with van der Waals surface area (Å²) >= 11 is 0. The molecule has 0 radical (unpaired) electrons. The molecule has 35 heavy (non-hydrogen) atoms. The molecule has 182 valence electrons. The second-order valence-corrected chi connectivity index (χ2v) is 7.91. The summed E-state index contributed by atoms with van der Waals surface area (Å²) < 4.78 is 39.7. The Morgan fingerprint density at radius 1 is 0.943 bits per heavy atom. The number of piperazine rings is 1. The number of nitrogens with zero attached hydrogens (tertiary/aromatic N) is 3. The largest absolute Gasteiger partial charge is 0.417 e. The van der Waals surface area contributed by atoms with Crippen LogP contribution in [0.3, 0.4) is 0 Å². The SMILES string of the molecule is O=C(NCC(=O)N1CCN(C(=O)c2ccccc2C(F)(F)F)CC1)c1ccc(-c2ncc[nH]2)cc1. The molecule has 1 aromatic heterocycles. The highest BCUT2D eigenvalue weighted by atomic mass is 19.4. The van der Waals surface area contributed by atoms with Gasteiger partial charge in [0.05, 0.1) is 17.7 Å². The van der Waals surface area contributed by atoms with Gasteiger partial charge in [0, 0.05) is 49.7 Å². The van der Waals surface area contributed by atoms with E-state index in [2.05, 4.69) is 15.3 Å². The van der Waals surface area contributed by atoms with Crippen LogP contribution >= 0.6 is 0 Å². The molecule has 0 unspecified atom stereocenters. The Bertz CT molecular complexity index is 1200. The minimum Gasteiger partial charge on any atom is -0.345 e. The van der Waals surface area contributed by atoms with E-state index in [-0.39, 0.29) is 38.6 Å². The molecule has 2 N–H and O–H groups in total. The van der Waals surface area contributed by atoms with E-state index in [0.717, 1.165) is 17.7 Å². The fourth-order valence-corrected chi connectivity index (χ4v) is 3.82. The molecular weight excluding hydrogens is 463 g/mol. The molecule has 0 spiro atoms. The van der Waals surface area contributed by atoms with Crippen molar-refractivity contribution in [2.45, 2.75) is 6.18 Å². The third-order valence-corrected chi connectivity index (χ3v) is 5.70. The Kier molecular flexibility index (Phi) is 6.85. The number of halogens is 3. The first-order valence-electron chi connectivity index (χ1n) is 10.9. The van der Waals surface area contributed by atoms with E-state index in [1.807, 2.05) is 0 Å². The molecule has 3 amide bonds. The quantitative estimate of drug-likeness (QED) is 0.581. The molecule has 2 heterocycles. The summed E-state index contributed by atoms with van der Waals surface area (Å²) in [6.45, 7) is 0.278. The Morgan fingerprint density at radius 2 is 1.60 bits per heavy atom. The summed E-state index contributed by atoms with van der Waals surface area (Å²) in [5.41, 5.74) is -0.201. The number of hydrogen-bond acceptors (Lipinski definition) is 4. The summed E-state index contributed by atoms with van der Waals surface area (Å²) in [5, 5.41) is 2.58. The lowest BCUT2D eigenvalue weighted by Gasteiger charge is -2.35. The van der Waals surface area contributed by atoms with Gasteiger partial charge in [-0.15, -0.1) is 0 Å². The molecule has 4 rings (SSSR count). The summed E-state index contributed by atoms with van der Waals surface area (Å²) in [4.78, 5) is 47.5. The summed E-state index contributed by atoms with van der Waals surface area (Å²) in [6.07, 6.45) is -1.32. The second-order valence-electron chi connectivity index (χ2n) is 7.91. The van der Waals surface area contributed by atoms with E-state index in [1.165, 1.54) is 21.9 Å². The van der Waals surface area contributed by atoms with Gasteiger partial charge < -0.3 is 20.1 Å². The predicted octanol–water partition coefficient (Wildman–Crippen LogP) is 2.81. The van der Waals surface area contributed by atoms with Gasteiger partial charge in [-0.2, -0.15) is 13.2 Å². The van der Waals surface area contributed by atoms with E-state index in [1.54, 1.807) is 36.7 Å². The maximum atomic E-state index is 13.2. The fraction of sp³-hybridized carbons (Fsp3) is 0.250. The van der Waals surface area contributed by atoms with Gasteiger partial charge in [-0.1, -0.05) is 24.3 Å². The number of nitrogens with one attached hydrogen (secondary N) is 2. The molecule has 0 saturated carbocycles. The number of aromatic nitrogens is 2. The van der Waals surface area contributed by atoms with Crippen LogP contribution in [-0.4, -0.2) is 70.2 Å². The van der Waals surface area contributed by atoms with E-state index in [4.69, 9.17) is 0 Å². The number of H-pyrrole nitrogens is 1. The van der Waals surface area contributed by atoms with Crippen LogP contribution in [0.25, 0.3) is 11.4 Å². The van der Waals surface area contributed by atoms with Crippen molar-refractivity contribution in [2.24, 2.45) is 0 Å². The monoisotopic (exact) mass is 485 g/mol. The lowest BCUT2D eigenvalue weighted by atomic mass is 10.1. The summed E-state index contributed by atoms with van der Waals surface area (Å²) in [7, 11) is 0. The van der Waals surface area contributed by atoms with E-state index in [0.29, 0.717) is 11.4 Å². The fourth-order valence-electron chi connectivity index (χ4n) is 3.82. The first-order valence-corrected chi connectivity index (χ1v) is 10.9. The van der Waals surface area contributed by atoms with Crippen molar-refractivity contribution in [1.82, 2.24) is 25.1 Å². The van der Waals surface area contributed by atoms with Crippen LogP contribution in [0.2, 0.25) is 0 Å². The molecule has 1 aliphatic rings. The van der Waals surface area contributed by atoms with Crippen molar-refractivity contribution in [3.05, 3.63) is 77.6 Å². The molecule has 0 atom stereocenters. The van der Waals surface area contributed by atoms with Gasteiger partial charge in [0.15, 0.2) is 0 Å². The molecule has 1 saturated heterocycles. The van der Waals surface area contributed by atoms with Crippen molar-refractivity contribution in [2.75, 3.05) is 32.7 Å². The zero-order valence-corrected chi connectivity index (χ0v) is 18.5. The van der Waals surface area contributed by atoms with Crippen molar-refractivity contribution in [1.29, 1.82) is 0 Å². The van der Waals surface area contributed by atoms with Gasteiger partial charge in [-0.05, 0) is 24.3 Å². The third-order valence-electron chi connectivity index (χ3n) is 5.70. The van der Waals surface area contributed by atoms with E-state index in [9.17, 15) is 27.6 Å². The van der Waals surface area contributed by atoms with Gasteiger partial charge in [-0.3, -0.25) is 14.4 Å². The first-order chi connectivity index (χ1) is 16.7. The summed E-state index contributed by atoms with van der Waals surface area (Å²) in [5.74, 6) is -0.807. The van der Waals surface area contributed by atoms with Crippen LogP contribution in [0.1, 0.15) is 26.3 Å². The number of carbonyl (C=O) groups excluding carboxylic acids is 3. The van der Waals surface area contributed by atoms with Crippen LogP contribution < -0.4 is 5.32 Å². The average Bonchev–Trinajstić information content (AvgIpc) is 3.41. The van der Waals surface area contributed by atoms with Crippen molar-refractivity contribution in [3.8, 4) is 11.4 Å². The number of carbonyl (C=O) groups is 3. The topological polar surface area (TPSA) is 98.4 Å². The highest BCUT2D eigenvalue weighted by molar-refractivity contribution is 5.97. The number of amides is 3. The molecule has 0 aliphatic carbocycles. The Balaban J connectivity index is 1.28. The van der Waals surface area contributed by atoms with Crippen molar-refractivity contribution < 1.29 is 27.6 Å². The zero-order chi connectivity index (χ0) is 25.0. The van der Waals surface area contributed by atoms with Crippen LogP contribution in [0.4, 0.5) is 13.2 Å². The first kappa shape index (κ1) is 24.0. The molecular formula is C24H22F3N5O3. The maximum absolute atomic E-state index is 13.2. The number of imidazole rings is 1. The Labute approximate surface area is 198 Å². The van der Waals surface area contributed by atoms with Crippen LogP contribution in [0, 0.1) is 0 Å². The van der Waals surface area contributed by atoms with Gasteiger partial charge in [0.25, 0.3) is 11.8 Å². The number of rotatable bonds is 5. The Morgan fingerprint density at radius 3 is 2.23 bits per heavy atom. The van der Waals surface area contributed by atoms with Crippen LogP contribution in [-0.2, 0) is 11.0 Å². The number of alkyl halides is 3. The van der Waals surface area contributed by atoms with E-state index < -0.39 is 29.1 Å². The highest BCUT2D eigenvalue weighted by Crippen LogP contribution is 2.32. The lowest BCUT2D eigenvalue weighted by molar-refractivity contribution is -0.138. The second kappa shape index (κ2) is 10.00. The highest BCUT2D eigenvalue weighted by Gasteiger charge is 2.36. The number of hydrogen-bond donors (Lipinski definition) is 2. The third kappa shape index (κ3) is 5.51. The molecule has 8 nitrogen and oxygen atoms in total. The van der Waals surface area contributed by atoms with Crippen LogP contribution in [0.5, 0.6) is 0 Å². The normalized spacial score (nSPS) is 14.0. The molecule has 0 bridgehead atoms. The van der Waals surface area contributed by atoms with Gasteiger partial charge in [0.2, 0.25) is 5.91 Å². The Hall–Kier alpha value is -4.15. The van der Waals surface area contributed by atoms with Crippen molar-refractivity contribution in [3.63, 3.8) is 0 Å². The molecule has 1 fully saturated rings. The minimum atomic E-state index is -4.64. The molecule has 11 heteroatoms. The zero-order valence-electron chi connectivity index (χ0n) is 18.5. The maximum Gasteiger partial charge on any atom is 0.417 e. The smallest absolute Gasteiger partial charge is 0.345 e. The average molecular weight is 485 g/mol. The standard InChI is InChI=1S/C24H22F3N5O3/c25-24(26,27)19-4-2-1-3-18(19)23(35)32-13-11-31(12-14-32)20(33)15-30-22(34)17-7-5-16(6-8-17)21-28-9-10-29-21/h1-10H,11-15H2,(H,28,29)(H,30,34). The van der Waals surface area contributed by atoms with Gasteiger partial charge >= 0.3 is 6.18 Å². The minimum absolute atomic E-state index is 0.0962. The van der Waals surface area contributed by atoms with E-state index >= 15 is 0 Å². The molecule has 2 aromatic carbocycles. The van der Waals surface area contributed by atoms with Gasteiger partial charge in [0.1, 0.15) is 5.82 Å². The van der Waals surface area contributed by atoms with Crippen molar-refractivity contribution >= 4 is 17.7 Å². The summed E-state index contributed by atoms with van der Waals surface area (Å²) in [6, 6.07) is 11.4. The number of benzene rings is 2. The number of aromatic amines is 1. The molecule has 3 aromatic rings. The van der Waals surface area contributed by atoms with Crippen LogP contribution in [0.15, 0.2) is 60.9 Å². The van der Waals surface area contributed by atoms with Gasteiger partial charge in [-0.25, -0.2) is 4.98 Å².